The molecule has 0 aliphatic heterocycles. The van der Waals surface area contributed by atoms with Crippen LogP contribution in [-0.4, -0.2) is 25.8 Å². The lowest BCUT2D eigenvalue weighted by atomic mass is 10.2. The van der Waals surface area contributed by atoms with Crippen molar-refractivity contribution >= 4 is 10.0 Å². The molecule has 0 atom stereocenters. The first-order valence-electron chi connectivity index (χ1n) is 6.79. The number of unbranched alkanes of at least 4 members (excludes halogenated alkanes) is 1. The Morgan fingerprint density at radius 3 is 2.48 bits per heavy atom. The van der Waals surface area contributed by atoms with E-state index in [2.05, 4.69) is 25.0 Å². The fraction of sp³-hybridized carbons (Fsp3) is 0.294. The molecule has 0 fully saturated rings. The van der Waals surface area contributed by atoms with Gasteiger partial charge in [0, 0.05) is 6.54 Å². The normalized spacial score (nSPS) is 10.8. The molecular formula is C17H21NO2S. The standard InChI is InChI=1S/C17H21NO2S/c1-4-6-8-14-18(15-9-7-5-2)21(19,20)17-12-10-16(3)11-13-17/h4-5,10-13H,1-2,6,8,14-15H2,3H3. The lowest BCUT2D eigenvalue weighted by molar-refractivity contribution is 0.440. The Balaban J connectivity index is 3.00. The summed E-state index contributed by atoms with van der Waals surface area (Å²) < 4.78 is 26.7. The fourth-order valence-electron chi connectivity index (χ4n) is 1.76. The highest BCUT2D eigenvalue weighted by Crippen LogP contribution is 2.16. The summed E-state index contributed by atoms with van der Waals surface area (Å²) in [5.74, 6) is 5.49. The quantitative estimate of drug-likeness (QED) is 0.441. The number of benzene rings is 1. The summed E-state index contributed by atoms with van der Waals surface area (Å²) in [4.78, 5) is 0.298. The Morgan fingerprint density at radius 2 is 1.90 bits per heavy atom. The van der Waals surface area contributed by atoms with E-state index in [-0.39, 0.29) is 6.54 Å². The molecule has 1 rings (SSSR count). The molecule has 0 aliphatic carbocycles. The van der Waals surface area contributed by atoms with Crippen LogP contribution in [0, 0.1) is 18.8 Å². The maximum atomic E-state index is 12.6. The van der Waals surface area contributed by atoms with E-state index < -0.39 is 10.0 Å². The highest BCUT2D eigenvalue weighted by Gasteiger charge is 2.22. The molecule has 0 radical (unpaired) electrons. The zero-order valence-corrected chi connectivity index (χ0v) is 13.2. The number of rotatable bonds is 7. The van der Waals surface area contributed by atoms with Gasteiger partial charge in [-0.05, 0) is 38.0 Å². The summed E-state index contributed by atoms with van der Waals surface area (Å²) in [6.45, 7) is 9.68. The number of sulfonamides is 1. The molecule has 0 aliphatic rings. The first kappa shape index (κ1) is 17.2. The minimum Gasteiger partial charge on any atom is -0.207 e. The lowest BCUT2D eigenvalue weighted by Gasteiger charge is -2.19. The lowest BCUT2D eigenvalue weighted by Crippen LogP contribution is -2.32. The van der Waals surface area contributed by atoms with Crippen LogP contribution in [-0.2, 0) is 10.0 Å². The third-order valence-corrected chi connectivity index (χ3v) is 4.79. The second-order valence-electron chi connectivity index (χ2n) is 4.61. The Bertz CT molecular complexity index is 634. The summed E-state index contributed by atoms with van der Waals surface area (Å²) in [5.41, 5.74) is 1.03. The predicted molar refractivity (Wildman–Crippen MR) is 87.3 cm³/mol. The van der Waals surface area contributed by atoms with Gasteiger partial charge in [0.25, 0.3) is 0 Å². The van der Waals surface area contributed by atoms with E-state index in [1.54, 1.807) is 30.3 Å². The van der Waals surface area contributed by atoms with Gasteiger partial charge >= 0.3 is 0 Å². The summed E-state index contributed by atoms with van der Waals surface area (Å²) in [7, 11) is -3.52. The maximum absolute atomic E-state index is 12.6. The van der Waals surface area contributed by atoms with E-state index in [4.69, 9.17) is 0 Å². The van der Waals surface area contributed by atoms with Crippen LogP contribution in [0.15, 0.2) is 54.5 Å². The van der Waals surface area contributed by atoms with Crippen molar-refractivity contribution in [1.82, 2.24) is 4.31 Å². The highest BCUT2D eigenvalue weighted by atomic mass is 32.2. The molecule has 4 heteroatoms. The van der Waals surface area contributed by atoms with Gasteiger partial charge in [-0.15, -0.1) is 6.58 Å². The largest absolute Gasteiger partial charge is 0.243 e. The van der Waals surface area contributed by atoms with Gasteiger partial charge in [-0.25, -0.2) is 8.42 Å². The molecule has 21 heavy (non-hydrogen) atoms. The second-order valence-corrected chi connectivity index (χ2v) is 6.55. The molecule has 0 amide bonds. The highest BCUT2D eigenvalue weighted by molar-refractivity contribution is 7.89. The van der Waals surface area contributed by atoms with E-state index in [1.165, 1.54) is 10.4 Å². The first-order valence-corrected chi connectivity index (χ1v) is 8.23. The van der Waals surface area contributed by atoms with Crippen LogP contribution >= 0.6 is 0 Å². The summed E-state index contributed by atoms with van der Waals surface area (Å²) in [5, 5.41) is 0. The number of hydrogen-bond acceptors (Lipinski definition) is 2. The van der Waals surface area contributed by atoms with Gasteiger partial charge in [-0.1, -0.05) is 42.2 Å². The van der Waals surface area contributed by atoms with Gasteiger partial charge in [0.15, 0.2) is 0 Å². The van der Waals surface area contributed by atoms with Gasteiger partial charge in [0.2, 0.25) is 10.0 Å². The topological polar surface area (TPSA) is 37.4 Å². The Hall–Kier alpha value is -1.83. The number of nitrogens with zero attached hydrogens (tertiary/aromatic N) is 1. The van der Waals surface area contributed by atoms with Gasteiger partial charge in [0.05, 0.1) is 11.4 Å². The Kier molecular flexibility index (Phi) is 6.93. The van der Waals surface area contributed by atoms with E-state index in [0.717, 1.165) is 18.4 Å². The van der Waals surface area contributed by atoms with Crippen molar-refractivity contribution < 1.29 is 8.42 Å². The molecule has 0 saturated heterocycles. The summed E-state index contributed by atoms with van der Waals surface area (Å²) in [6.07, 6.45) is 4.74. The molecule has 0 saturated carbocycles. The van der Waals surface area contributed by atoms with Crippen LogP contribution in [0.5, 0.6) is 0 Å². The van der Waals surface area contributed by atoms with Crippen LogP contribution in [0.3, 0.4) is 0 Å². The van der Waals surface area contributed by atoms with Crippen LogP contribution in [0.25, 0.3) is 0 Å². The van der Waals surface area contributed by atoms with Crippen molar-refractivity contribution in [1.29, 1.82) is 0 Å². The molecule has 0 unspecified atom stereocenters. The molecule has 3 nitrogen and oxygen atoms in total. The fourth-order valence-corrected chi connectivity index (χ4v) is 3.14. The molecule has 0 bridgehead atoms. The van der Waals surface area contributed by atoms with Crippen LogP contribution in [0.1, 0.15) is 18.4 Å². The minimum absolute atomic E-state index is 0.166. The van der Waals surface area contributed by atoms with Crippen molar-refractivity contribution in [3.63, 3.8) is 0 Å². The number of allylic oxidation sites excluding steroid dienone is 2. The molecule has 1 aromatic rings. The van der Waals surface area contributed by atoms with Crippen molar-refractivity contribution in [3.05, 3.63) is 55.1 Å². The second kappa shape index (κ2) is 8.46. The van der Waals surface area contributed by atoms with Gasteiger partial charge in [0.1, 0.15) is 0 Å². The van der Waals surface area contributed by atoms with E-state index in [9.17, 15) is 8.42 Å². The van der Waals surface area contributed by atoms with Gasteiger partial charge in [-0.2, -0.15) is 4.31 Å². The summed E-state index contributed by atoms with van der Waals surface area (Å²) in [6, 6.07) is 6.85. The smallest absolute Gasteiger partial charge is 0.207 e. The zero-order valence-electron chi connectivity index (χ0n) is 12.4. The van der Waals surface area contributed by atoms with E-state index in [1.807, 2.05) is 6.92 Å². The van der Waals surface area contributed by atoms with Gasteiger partial charge in [-0.3, -0.25) is 0 Å². The number of aryl methyl sites for hydroxylation is 1. The molecule has 0 heterocycles. The van der Waals surface area contributed by atoms with Crippen LogP contribution in [0.2, 0.25) is 0 Å². The molecule has 0 aromatic heterocycles. The maximum Gasteiger partial charge on any atom is 0.243 e. The third kappa shape index (κ3) is 5.22. The van der Waals surface area contributed by atoms with Crippen molar-refractivity contribution in [3.8, 4) is 11.8 Å². The third-order valence-electron chi connectivity index (χ3n) is 2.93. The predicted octanol–water partition coefficient (Wildman–Crippen LogP) is 3.14. The molecule has 0 N–H and O–H groups in total. The molecule has 0 spiro atoms. The average molecular weight is 303 g/mol. The molecule has 112 valence electrons. The zero-order chi connectivity index (χ0) is 15.7. The SMILES string of the molecule is C=CC#CCN(CCCC=C)S(=O)(=O)c1ccc(C)cc1. The van der Waals surface area contributed by atoms with E-state index in [0.29, 0.717) is 11.4 Å². The Morgan fingerprint density at radius 1 is 1.24 bits per heavy atom. The number of hydrogen-bond donors (Lipinski definition) is 0. The molecular weight excluding hydrogens is 282 g/mol. The monoisotopic (exact) mass is 303 g/mol. The van der Waals surface area contributed by atoms with Crippen LogP contribution < -0.4 is 0 Å². The average Bonchev–Trinajstić information content (AvgIpc) is 2.46. The van der Waals surface area contributed by atoms with Crippen molar-refractivity contribution in [2.75, 3.05) is 13.1 Å². The van der Waals surface area contributed by atoms with Crippen molar-refractivity contribution in [2.24, 2.45) is 0 Å². The molecule has 1 aromatic carbocycles. The van der Waals surface area contributed by atoms with Gasteiger partial charge < -0.3 is 0 Å². The van der Waals surface area contributed by atoms with E-state index >= 15 is 0 Å². The summed E-state index contributed by atoms with van der Waals surface area (Å²) >= 11 is 0. The van der Waals surface area contributed by atoms with Crippen molar-refractivity contribution in [2.45, 2.75) is 24.7 Å². The van der Waals surface area contributed by atoms with Crippen LogP contribution in [0.4, 0.5) is 0 Å². The Labute approximate surface area is 128 Å². The first-order chi connectivity index (χ1) is 10.0. The minimum atomic E-state index is -3.52.